The summed E-state index contributed by atoms with van der Waals surface area (Å²) in [5, 5.41) is 6.93. The van der Waals surface area contributed by atoms with Crippen molar-refractivity contribution in [1.82, 2.24) is 10.6 Å². The highest BCUT2D eigenvalue weighted by molar-refractivity contribution is 4.73. The van der Waals surface area contributed by atoms with E-state index in [0.717, 1.165) is 25.7 Å². The minimum Gasteiger partial charge on any atom is -0.313 e. The highest BCUT2D eigenvalue weighted by atomic mass is 15.0. The molecule has 0 saturated heterocycles. The van der Waals surface area contributed by atoms with Gasteiger partial charge in [0.2, 0.25) is 0 Å². The van der Waals surface area contributed by atoms with Crippen molar-refractivity contribution in [2.45, 2.75) is 44.6 Å². The van der Waals surface area contributed by atoms with E-state index in [9.17, 15) is 0 Å². The van der Waals surface area contributed by atoms with Crippen LogP contribution in [-0.2, 0) is 0 Å². The highest BCUT2D eigenvalue weighted by Gasteiger charge is 2.10. The third-order valence-electron chi connectivity index (χ3n) is 2.88. The zero-order chi connectivity index (χ0) is 10.1. The van der Waals surface area contributed by atoms with Crippen LogP contribution in [-0.4, -0.2) is 25.7 Å². The van der Waals surface area contributed by atoms with Crippen LogP contribution in [0.4, 0.5) is 0 Å². The molecule has 1 fully saturated rings. The maximum absolute atomic E-state index is 3.68. The molecule has 1 rings (SSSR count). The first-order valence-electron chi connectivity index (χ1n) is 5.98. The van der Waals surface area contributed by atoms with Crippen LogP contribution in [0.2, 0.25) is 0 Å². The van der Waals surface area contributed by atoms with Gasteiger partial charge in [-0.3, -0.25) is 0 Å². The molecule has 2 nitrogen and oxygen atoms in total. The Morgan fingerprint density at radius 3 is 2.43 bits per heavy atom. The van der Waals surface area contributed by atoms with Gasteiger partial charge in [0.05, 0.1) is 0 Å². The first-order chi connectivity index (χ1) is 6.93. The topological polar surface area (TPSA) is 24.1 Å². The van der Waals surface area contributed by atoms with E-state index in [1.807, 2.05) is 6.08 Å². The van der Waals surface area contributed by atoms with Gasteiger partial charge < -0.3 is 10.6 Å². The summed E-state index contributed by atoms with van der Waals surface area (Å²) in [4.78, 5) is 0. The van der Waals surface area contributed by atoms with Crippen molar-refractivity contribution in [2.75, 3.05) is 19.6 Å². The first kappa shape index (κ1) is 11.7. The van der Waals surface area contributed by atoms with Gasteiger partial charge in [0.1, 0.15) is 0 Å². The van der Waals surface area contributed by atoms with E-state index in [-0.39, 0.29) is 0 Å². The average Bonchev–Trinajstić information content (AvgIpc) is 2.46. The molecule has 0 aliphatic heterocycles. The molecule has 0 unspecified atom stereocenters. The van der Waals surface area contributed by atoms with Crippen LogP contribution >= 0.6 is 0 Å². The first-order valence-corrected chi connectivity index (χ1v) is 5.98. The lowest BCUT2D eigenvalue weighted by Gasteiger charge is -2.15. The molecule has 0 aromatic rings. The van der Waals surface area contributed by atoms with Gasteiger partial charge in [-0.15, -0.1) is 6.58 Å². The molecule has 0 amide bonds. The van der Waals surface area contributed by atoms with Gasteiger partial charge in [-0.05, 0) is 12.8 Å². The lowest BCUT2D eigenvalue weighted by Crippen LogP contribution is -2.34. The fourth-order valence-corrected chi connectivity index (χ4v) is 2.05. The molecule has 0 aromatic heterocycles. The smallest absolute Gasteiger partial charge is 0.0132 e. The maximum Gasteiger partial charge on any atom is 0.0132 e. The van der Waals surface area contributed by atoms with Crippen LogP contribution in [0.3, 0.4) is 0 Å². The molecule has 2 N–H and O–H groups in total. The third-order valence-corrected chi connectivity index (χ3v) is 2.88. The van der Waals surface area contributed by atoms with Gasteiger partial charge in [-0.1, -0.05) is 31.8 Å². The predicted octanol–water partition coefficient (Wildman–Crippen LogP) is 2.07. The largest absolute Gasteiger partial charge is 0.313 e. The Labute approximate surface area is 88.2 Å². The van der Waals surface area contributed by atoms with E-state index in [1.54, 1.807) is 0 Å². The van der Waals surface area contributed by atoms with Crippen molar-refractivity contribution in [1.29, 1.82) is 0 Å². The lowest BCUT2D eigenvalue weighted by molar-refractivity contribution is 0.457. The minimum absolute atomic E-state index is 0.781. The Kier molecular flexibility index (Phi) is 6.71. The van der Waals surface area contributed by atoms with E-state index in [0.29, 0.717) is 0 Å². The predicted molar refractivity (Wildman–Crippen MR) is 62.6 cm³/mol. The monoisotopic (exact) mass is 196 g/mol. The quantitative estimate of drug-likeness (QED) is 0.386. The summed E-state index contributed by atoms with van der Waals surface area (Å²) in [6.07, 6.45) is 10.4. The zero-order valence-corrected chi connectivity index (χ0v) is 9.23. The fourth-order valence-electron chi connectivity index (χ4n) is 2.05. The van der Waals surface area contributed by atoms with Gasteiger partial charge in [-0.25, -0.2) is 0 Å². The Morgan fingerprint density at radius 2 is 1.79 bits per heavy atom. The molecule has 2 heteroatoms. The number of hydrogen-bond acceptors (Lipinski definition) is 2. The Morgan fingerprint density at radius 1 is 1.07 bits per heavy atom. The van der Waals surface area contributed by atoms with Crippen LogP contribution < -0.4 is 10.6 Å². The summed E-state index contributed by atoms with van der Waals surface area (Å²) < 4.78 is 0. The van der Waals surface area contributed by atoms with E-state index in [2.05, 4.69) is 17.2 Å². The summed E-state index contributed by atoms with van der Waals surface area (Å²) >= 11 is 0. The molecule has 0 atom stereocenters. The lowest BCUT2D eigenvalue weighted by atomic mass is 10.1. The van der Waals surface area contributed by atoms with Crippen LogP contribution in [0, 0.1) is 0 Å². The molecule has 14 heavy (non-hydrogen) atoms. The molecule has 1 aliphatic carbocycles. The van der Waals surface area contributed by atoms with Crippen molar-refractivity contribution in [3.63, 3.8) is 0 Å². The Balaban J connectivity index is 1.96. The second-order valence-corrected chi connectivity index (χ2v) is 4.14. The van der Waals surface area contributed by atoms with Gasteiger partial charge in [-0.2, -0.15) is 0 Å². The van der Waals surface area contributed by atoms with E-state index in [4.69, 9.17) is 0 Å². The normalized spacial score (nSPS) is 19.1. The van der Waals surface area contributed by atoms with E-state index in [1.165, 1.54) is 38.5 Å². The summed E-state index contributed by atoms with van der Waals surface area (Å²) in [6.45, 7) is 6.75. The van der Waals surface area contributed by atoms with E-state index >= 15 is 0 Å². The SMILES string of the molecule is C=CCNCCNC1CCCCCC1. The number of hydrogen-bond donors (Lipinski definition) is 2. The van der Waals surface area contributed by atoms with Crippen LogP contribution in [0.5, 0.6) is 0 Å². The van der Waals surface area contributed by atoms with Crippen molar-refractivity contribution in [3.05, 3.63) is 12.7 Å². The van der Waals surface area contributed by atoms with Crippen molar-refractivity contribution < 1.29 is 0 Å². The Hall–Kier alpha value is -0.340. The molecule has 0 bridgehead atoms. The molecule has 1 aliphatic rings. The Bertz CT molecular complexity index is 137. The molecule has 0 heterocycles. The number of nitrogens with one attached hydrogen (secondary N) is 2. The zero-order valence-electron chi connectivity index (χ0n) is 9.23. The van der Waals surface area contributed by atoms with Gasteiger partial charge in [0.15, 0.2) is 0 Å². The molecule has 0 radical (unpaired) electrons. The number of rotatable bonds is 6. The molecule has 1 saturated carbocycles. The second kappa shape index (κ2) is 8.01. The van der Waals surface area contributed by atoms with Crippen LogP contribution in [0.1, 0.15) is 38.5 Å². The molecule has 82 valence electrons. The standard InChI is InChI=1S/C12H24N2/c1-2-9-13-10-11-14-12-7-5-3-4-6-8-12/h2,12-14H,1,3-11H2. The van der Waals surface area contributed by atoms with Crippen molar-refractivity contribution >= 4 is 0 Å². The minimum atomic E-state index is 0.781. The van der Waals surface area contributed by atoms with Crippen LogP contribution in [0.25, 0.3) is 0 Å². The van der Waals surface area contributed by atoms with Crippen molar-refractivity contribution in [3.8, 4) is 0 Å². The van der Waals surface area contributed by atoms with Crippen LogP contribution in [0.15, 0.2) is 12.7 Å². The molecule has 0 spiro atoms. The summed E-state index contributed by atoms with van der Waals surface area (Å²) in [5.41, 5.74) is 0. The summed E-state index contributed by atoms with van der Waals surface area (Å²) in [6, 6.07) is 0.781. The summed E-state index contributed by atoms with van der Waals surface area (Å²) in [7, 11) is 0. The fraction of sp³-hybridized carbons (Fsp3) is 0.833. The van der Waals surface area contributed by atoms with Crippen molar-refractivity contribution in [2.24, 2.45) is 0 Å². The maximum atomic E-state index is 3.68. The third kappa shape index (κ3) is 5.40. The highest BCUT2D eigenvalue weighted by Crippen LogP contribution is 2.16. The second-order valence-electron chi connectivity index (χ2n) is 4.14. The molecular weight excluding hydrogens is 172 g/mol. The van der Waals surface area contributed by atoms with E-state index < -0.39 is 0 Å². The average molecular weight is 196 g/mol. The van der Waals surface area contributed by atoms with Gasteiger partial charge in [0, 0.05) is 25.7 Å². The summed E-state index contributed by atoms with van der Waals surface area (Å²) in [5.74, 6) is 0. The van der Waals surface area contributed by atoms with Gasteiger partial charge in [0.25, 0.3) is 0 Å². The molecule has 0 aromatic carbocycles. The molecular formula is C12H24N2. The van der Waals surface area contributed by atoms with Gasteiger partial charge >= 0.3 is 0 Å².